The van der Waals surface area contributed by atoms with Crippen LogP contribution in [0.5, 0.6) is 0 Å². The molecule has 0 aromatic heterocycles. The second-order valence-electron chi connectivity index (χ2n) is 2.41. The van der Waals surface area contributed by atoms with Gasteiger partial charge in [-0.05, 0) is 12.0 Å². The third kappa shape index (κ3) is 4.31. The number of ketones is 1. The minimum atomic E-state index is -1.40. The molecule has 0 saturated carbocycles. The molecule has 0 radical (unpaired) electrons. The molecule has 1 N–H and O–H groups in total. The molecule has 0 aliphatic heterocycles. The standard InChI is InChI=1S/C8H12O3/c1-3-6(2)4-5-7(9)8(10)11/h4-6H,3H2,1-2H3,(H,10,11)/b5-4+. The molecule has 0 fully saturated rings. The van der Waals surface area contributed by atoms with Crippen LogP contribution < -0.4 is 0 Å². The number of carboxylic acids is 1. The van der Waals surface area contributed by atoms with Gasteiger partial charge >= 0.3 is 5.97 Å². The van der Waals surface area contributed by atoms with Gasteiger partial charge in [0.15, 0.2) is 0 Å². The molecule has 0 aromatic carbocycles. The van der Waals surface area contributed by atoms with E-state index in [1.165, 1.54) is 0 Å². The Labute approximate surface area is 65.7 Å². The molecule has 0 aromatic rings. The lowest BCUT2D eigenvalue weighted by atomic mass is 10.1. The maximum absolute atomic E-state index is 10.5. The molecule has 3 heteroatoms. The van der Waals surface area contributed by atoms with Crippen molar-refractivity contribution < 1.29 is 14.7 Å². The molecule has 0 amide bonds. The largest absolute Gasteiger partial charge is 0.475 e. The summed E-state index contributed by atoms with van der Waals surface area (Å²) in [6.07, 6.45) is 3.62. The minimum Gasteiger partial charge on any atom is -0.475 e. The summed E-state index contributed by atoms with van der Waals surface area (Å²) in [6.45, 7) is 3.89. The van der Waals surface area contributed by atoms with Gasteiger partial charge in [-0.1, -0.05) is 26.3 Å². The van der Waals surface area contributed by atoms with Crippen LogP contribution in [0.1, 0.15) is 20.3 Å². The highest BCUT2D eigenvalue weighted by Gasteiger charge is 2.05. The first-order chi connectivity index (χ1) is 5.07. The first kappa shape index (κ1) is 9.88. The molecule has 0 bridgehead atoms. The summed E-state index contributed by atoms with van der Waals surface area (Å²) in [5.41, 5.74) is 0. The predicted molar refractivity (Wildman–Crippen MR) is 41.2 cm³/mol. The summed E-state index contributed by atoms with van der Waals surface area (Å²) in [6, 6.07) is 0. The second kappa shape index (κ2) is 4.66. The van der Waals surface area contributed by atoms with Gasteiger partial charge < -0.3 is 5.11 Å². The molecular weight excluding hydrogens is 144 g/mol. The van der Waals surface area contributed by atoms with Crippen molar-refractivity contribution in [3.8, 4) is 0 Å². The fraction of sp³-hybridized carbons (Fsp3) is 0.500. The number of carbonyl (C=O) groups is 2. The molecule has 3 nitrogen and oxygen atoms in total. The zero-order valence-corrected chi connectivity index (χ0v) is 6.70. The molecule has 0 rings (SSSR count). The van der Waals surface area contributed by atoms with E-state index in [2.05, 4.69) is 0 Å². The van der Waals surface area contributed by atoms with Gasteiger partial charge in [0.2, 0.25) is 0 Å². The van der Waals surface area contributed by atoms with E-state index in [9.17, 15) is 9.59 Å². The maximum Gasteiger partial charge on any atom is 0.376 e. The lowest BCUT2D eigenvalue weighted by Crippen LogP contribution is -2.08. The van der Waals surface area contributed by atoms with E-state index in [-0.39, 0.29) is 5.92 Å². The smallest absolute Gasteiger partial charge is 0.376 e. The monoisotopic (exact) mass is 156 g/mol. The number of carboxylic acid groups (broad SMARTS) is 1. The Bertz CT molecular complexity index is 182. The van der Waals surface area contributed by atoms with Crippen molar-refractivity contribution in [2.24, 2.45) is 5.92 Å². The second-order valence-corrected chi connectivity index (χ2v) is 2.41. The maximum atomic E-state index is 10.5. The third-order valence-electron chi connectivity index (χ3n) is 1.43. The number of aliphatic carboxylic acids is 1. The van der Waals surface area contributed by atoms with Crippen molar-refractivity contribution >= 4 is 11.8 Å². The summed E-state index contributed by atoms with van der Waals surface area (Å²) in [7, 11) is 0. The lowest BCUT2D eigenvalue weighted by Gasteiger charge is -1.96. The van der Waals surface area contributed by atoms with Crippen LogP contribution >= 0.6 is 0 Å². The van der Waals surface area contributed by atoms with E-state index in [1.807, 2.05) is 13.8 Å². The minimum absolute atomic E-state index is 0.262. The molecule has 0 heterocycles. The van der Waals surface area contributed by atoms with Gasteiger partial charge in [0.25, 0.3) is 5.78 Å². The van der Waals surface area contributed by atoms with E-state index in [1.54, 1.807) is 6.08 Å². The van der Waals surface area contributed by atoms with Crippen molar-refractivity contribution in [2.45, 2.75) is 20.3 Å². The number of allylic oxidation sites excluding steroid dienone is 1. The molecule has 0 saturated heterocycles. The van der Waals surface area contributed by atoms with Crippen molar-refractivity contribution in [2.75, 3.05) is 0 Å². The van der Waals surface area contributed by atoms with Gasteiger partial charge in [-0.15, -0.1) is 0 Å². The van der Waals surface area contributed by atoms with Crippen LogP contribution in [0.3, 0.4) is 0 Å². The highest BCUT2D eigenvalue weighted by Crippen LogP contribution is 2.01. The fourth-order valence-electron chi connectivity index (χ4n) is 0.459. The molecule has 0 spiro atoms. The molecule has 62 valence electrons. The zero-order valence-electron chi connectivity index (χ0n) is 6.70. The Hall–Kier alpha value is -1.12. The van der Waals surface area contributed by atoms with Gasteiger partial charge in [0.05, 0.1) is 0 Å². The van der Waals surface area contributed by atoms with Crippen LogP contribution in [0.25, 0.3) is 0 Å². The molecular formula is C8H12O3. The highest BCUT2D eigenvalue weighted by molar-refractivity contribution is 6.37. The topological polar surface area (TPSA) is 54.4 Å². The van der Waals surface area contributed by atoms with Crippen LogP contribution in [0.4, 0.5) is 0 Å². The molecule has 1 unspecified atom stereocenters. The van der Waals surface area contributed by atoms with E-state index in [0.717, 1.165) is 12.5 Å². The highest BCUT2D eigenvalue weighted by atomic mass is 16.4. The average molecular weight is 156 g/mol. The zero-order chi connectivity index (χ0) is 8.85. The van der Waals surface area contributed by atoms with Gasteiger partial charge in [0.1, 0.15) is 0 Å². The summed E-state index contributed by atoms with van der Waals surface area (Å²) < 4.78 is 0. The average Bonchev–Trinajstić information content (AvgIpc) is 1.99. The Balaban J connectivity index is 3.93. The van der Waals surface area contributed by atoms with Gasteiger partial charge in [-0.2, -0.15) is 0 Å². The first-order valence-electron chi connectivity index (χ1n) is 3.53. The summed E-state index contributed by atoms with van der Waals surface area (Å²) in [4.78, 5) is 20.5. The quantitative estimate of drug-likeness (QED) is 0.492. The molecule has 0 aliphatic carbocycles. The molecule has 0 aliphatic rings. The van der Waals surface area contributed by atoms with E-state index < -0.39 is 11.8 Å². The van der Waals surface area contributed by atoms with E-state index in [4.69, 9.17) is 5.11 Å². The number of hydrogen-bond donors (Lipinski definition) is 1. The number of carbonyl (C=O) groups excluding carboxylic acids is 1. The Morgan fingerprint density at radius 1 is 1.55 bits per heavy atom. The summed E-state index contributed by atoms with van der Waals surface area (Å²) in [5.74, 6) is -1.99. The molecule has 11 heavy (non-hydrogen) atoms. The van der Waals surface area contributed by atoms with Gasteiger partial charge in [0, 0.05) is 0 Å². The van der Waals surface area contributed by atoms with Crippen LogP contribution in [-0.4, -0.2) is 16.9 Å². The van der Waals surface area contributed by atoms with Gasteiger partial charge in [-0.25, -0.2) is 4.79 Å². The number of rotatable bonds is 4. The van der Waals surface area contributed by atoms with E-state index >= 15 is 0 Å². The molecule has 1 atom stereocenters. The Morgan fingerprint density at radius 2 is 2.09 bits per heavy atom. The lowest BCUT2D eigenvalue weighted by molar-refractivity contribution is -0.146. The Kier molecular flexibility index (Phi) is 4.18. The third-order valence-corrected chi connectivity index (χ3v) is 1.43. The van der Waals surface area contributed by atoms with Crippen LogP contribution in [-0.2, 0) is 9.59 Å². The SMILES string of the molecule is CCC(C)/C=C/C(=O)C(=O)O. The van der Waals surface area contributed by atoms with Crippen molar-refractivity contribution in [3.05, 3.63) is 12.2 Å². The van der Waals surface area contributed by atoms with E-state index in [0.29, 0.717) is 0 Å². The summed E-state index contributed by atoms with van der Waals surface area (Å²) >= 11 is 0. The summed E-state index contributed by atoms with van der Waals surface area (Å²) in [5, 5.41) is 8.17. The normalized spacial score (nSPS) is 13.3. The van der Waals surface area contributed by atoms with Crippen molar-refractivity contribution in [1.29, 1.82) is 0 Å². The van der Waals surface area contributed by atoms with Crippen LogP contribution in [0, 0.1) is 5.92 Å². The van der Waals surface area contributed by atoms with Gasteiger partial charge in [-0.3, -0.25) is 4.79 Å². The van der Waals surface area contributed by atoms with Crippen molar-refractivity contribution in [3.63, 3.8) is 0 Å². The number of hydrogen-bond acceptors (Lipinski definition) is 2. The van der Waals surface area contributed by atoms with Crippen molar-refractivity contribution in [1.82, 2.24) is 0 Å². The van der Waals surface area contributed by atoms with Crippen LogP contribution in [0.2, 0.25) is 0 Å². The predicted octanol–water partition coefficient (Wildman–Crippen LogP) is 1.24. The fourth-order valence-corrected chi connectivity index (χ4v) is 0.459. The Morgan fingerprint density at radius 3 is 2.45 bits per heavy atom. The van der Waals surface area contributed by atoms with Crippen LogP contribution in [0.15, 0.2) is 12.2 Å². The first-order valence-corrected chi connectivity index (χ1v) is 3.53.